The summed E-state index contributed by atoms with van der Waals surface area (Å²) in [7, 11) is 4.20. The van der Waals surface area contributed by atoms with Gasteiger partial charge in [-0.1, -0.05) is 0 Å². The summed E-state index contributed by atoms with van der Waals surface area (Å²) in [5.74, 6) is -0.184. The number of phenolic OH excluding ortho intramolecular Hbond substituents is 1. The molecule has 2 heterocycles. The zero-order valence-electron chi connectivity index (χ0n) is 15.7. The van der Waals surface area contributed by atoms with Crippen molar-refractivity contribution < 1.29 is 10.0 Å². The first kappa shape index (κ1) is 19.0. The first-order chi connectivity index (χ1) is 12.4. The number of rotatable bonds is 5. The Morgan fingerprint density at radius 3 is 1.92 bits per heavy atom. The maximum absolute atomic E-state index is 11.4. The molecule has 1 aromatic rings. The zero-order chi connectivity index (χ0) is 18.7. The Kier molecular flexibility index (Phi) is 6.08. The molecule has 26 heavy (non-hydrogen) atoms. The third-order valence-electron chi connectivity index (χ3n) is 5.42. The summed E-state index contributed by atoms with van der Waals surface area (Å²) in [6.45, 7) is 8.94. The standard InChI is InChI=1S/C18H29N5O3/c1-19-3-7-21(8-4-19)13-15-11-16(18(24)17(12-15)23(25)26)14-22-9-5-20(2)6-10-22/h11-12,24H,3-10,13-14H2,1-2H3. The lowest BCUT2D eigenvalue weighted by Gasteiger charge is -2.33. The third kappa shape index (κ3) is 4.70. The molecule has 0 bridgehead atoms. The van der Waals surface area contributed by atoms with Gasteiger partial charge in [0.15, 0.2) is 5.75 Å². The summed E-state index contributed by atoms with van der Waals surface area (Å²) in [5, 5.41) is 21.8. The van der Waals surface area contributed by atoms with E-state index in [1.807, 2.05) is 6.07 Å². The largest absolute Gasteiger partial charge is 0.502 e. The Balaban J connectivity index is 1.76. The van der Waals surface area contributed by atoms with E-state index in [2.05, 4.69) is 33.7 Å². The molecule has 8 heteroatoms. The second-order valence-corrected chi connectivity index (χ2v) is 7.54. The van der Waals surface area contributed by atoms with Gasteiger partial charge in [-0.25, -0.2) is 0 Å². The number of nitro groups is 1. The number of aromatic hydroxyl groups is 1. The van der Waals surface area contributed by atoms with Gasteiger partial charge in [-0.15, -0.1) is 0 Å². The van der Waals surface area contributed by atoms with Gasteiger partial charge in [0.1, 0.15) is 0 Å². The van der Waals surface area contributed by atoms with Crippen LogP contribution in [0.3, 0.4) is 0 Å². The molecule has 0 aromatic heterocycles. The Hall–Kier alpha value is -1.74. The Bertz CT molecular complexity index is 638. The van der Waals surface area contributed by atoms with E-state index >= 15 is 0 Å². The third-order valence-corrected chi connectivity index (χ3v) is 5.42. The number of likely N-dealkylation sites (N-methyl/N-ethyl adjacent to an activating group) is 2. The molecule has 0 amide bonds. The van der Waals surface area contributed by atoms with Crippen molar-refractivity contribution in [1.29, 1.82) is 0 Å². The predicted molar refractivity (Wildman–Crippen MR) is 100 cm³/mol. The zero-order valence-corrected chi connectivity index (χ0v) is 15.7. The number of hydrogen-bond donors (Lipinski definition) is 1. The highest BCUT2D eigenvalue weighted by molar-refractivity contribution is 5.53. The second kappa shape index (κ2) is 8.30. The van der Waals surface area contributed by atoms with E-state index in [0.717, 1.165) is 57.9 Å². The summed E-state index contributed by atoms with van der Waals surface area (Å²) < 4.78 is 0. The highest BCUT2D eigenvalue weighted by atomic mass is 16.6. The Morgan fingerprint density at radius 1 is 0.923 bits per heavy atom. The van der Waals surface area contributed by atoms with Gasteiger partial charge in [0, 0.05) is 77.1 Å². The van der Waals surface area contributed by atoms with Crippen molar-refractivity contribution >= 4 is 5.69 Å². The van der Waals surface area contributed by atoms with Gasteiger partial charge in [-0.05, 0) is 25.7 Å². The van der Waals surface area contributed by atoms with Crippen LogP contribution >= 0.6 is 0 Å². The van der Waals surface area contributed by atoms with Gasteiger partial charge in [0.25, 0.3) is 0 Å². The molecular formula is C18H29N5O3. The average molecular weight is 363 g/mol. The fraction of sp³-hybridized carbons (Fsp3) is 0.667. The second-order valence-electron chi connectivity index (χ2n) is 7.54. The van der Waals surface area contributed by atoms with Crippen LogP contribution in [0.2, 0.25) is 0 Å². The number of phenols is 1. The molecular weight excluding hydrogens is 334 g/mol. The SMILES string of the molecule is CN1CCN(Cc2cc(CN3CCN(C)CC3)c(O)c([N+](=O)[O-])c2)CC1. The molecule has 0 unspecified atom stereocenters. The Morgan fingerprint density at radius 2 is 1.42 bits per heavy atom. The van der Waals surface area contributed by atoms with Crippen LogP contribution in [-0.2, 0) is 13.1 Å². The van der Waals surface area contributed by atoms with E-state index in [9.17, 15) is 15.2 Å². The number of nitro benzene ring substituents is 1. The molecule has 0 aliphatic carbocycles. The van der Waals surface area contributed by atoms with Crippen molar-refractivity contribution in [3.05, 3.63) is 33.4 Å². The summed E-state index contributed by atoms with van der Waals surface area (Å²) in [4.78, 5) is 20.0. The summed E-state index contributed by atoms with van der Waals surface area (Å²) in [6, 6.07) is 3.47. The summed E-state index contributed by atoms with van der Waals surface area (Å²) >= 11 is 0. The molecule has 144 valence electrons. The van der Waals surface area contributed by atoms with Crippen LogP contribution in [-0.4, -0.2) is 96.1 Å². The molecule has 3 rings (SSSR count). The quantitative estimate of drug-likeness (QED) is 0.612. The van der Waals surface area contributed by atoms with Gasteiger partial charge in [0.05, 0.1) is 4.92 Å². The molecule has 1 aromatic carbocycles. The minimum absolute atomic E-state index is 0.180. The monoisotopic (exact) mass is 363 g/mol. The fourth-order valence-corrected chi connectivity index (χ4v) is 3.60. The van der Waals surface area contributed by atoms with E-state index in [0.29, 0.717) is 18.7 Å². The van der Waals surface area contributed by atoms with Gasteiger partial charge < -0.3 is 14.9 Å². The molecule has 0 atom stereocenters. The molecule has 2 aliphatic heterocycles. The topological polar surface area (TPSA) is 76.3 Å². The van der Waals surface area contributed by atoms with Crippen molar-refractivity contribution in [2.45, 2.75) is 13.1 Å². The van der Waals surface area contributed by atoms with Crippen molar-refractivity contribution in [1.82, 2.24) is 19.6 Å². The van der Waals surface area contributed by atoms with Crippen molar-refractivity contribution in [3.63, 3.8) is 0 Å². The van der Waals surface area contributed by atoms with Crippen molar-refractivity contribution in [2.24, 2.45) is 0 Å². The molecule has 0 radical (unpaired) electrons. The van der Waals surface area contributed by atoms with Crippen LogP contribution in [0, 0.1) is 10.1 Å². The van der Waals surface area contributed by atoms with E-state index in [1.54, 1.807) is 0 Å². The first-order valence-corrected chi connectivity index (χ1v) is 9.23. The maximum atomic E-state index is 11.4. The van der Waals surface area contributed by atoms with Crippen LogP contribution in [0.1, 0.15) is 11.1 Å². The molecule has 0 saturated carbocycles. The number of hydrogen-bond acceptors (Lipinski definition) is 7. The van der Waals surface area contributed by atoms with Gasteiger partial charge in [-0.2, -0.15) is 0 Å². The van der Waals surface area contributed by atoms with E-state index in [1.165, 1.54) is 6.07 Å². The van der Waals surface area contributed by atoms with Crippen LogP contribution in [0.4, 0.5) is 5.69 Å². The van der Waals surface area contributed by atoms with Crippen LogP contribution in [0.25, 0.3) is 0 Å². The Labute approximate surface area is 154 Å². The van der Waals surface area contributed by atoms with Crippen LogP contribution in [0.5, 0.6) is 5.75 Å². The number of benzene rings is 1. The molecule has 2 fully saturated rings. The lowest BCUT2D eigenvalue weighted by Crippen LogP contribution is -2.44. The number of piperazine rings is 2. The molecule has 8 nitrogen and oxygen atoms in total. The van der Waals surface area contributed by atoms with Gasteiger partial charge in [-0.3, -0.25) is 19.9 Å². The van der Waals surface area contributed by atoms with Crippen LogP contribution < -0.4 is 0 Å². The lowest BCUT2D eigenvalue weighted by molar-refractivity contribution is -0.386. The first-order valence-electron chi connectivity index (χ1n) is 9.23. The summed E-state index contributed by atoms with van der Waals surface area (Å²) in [5.41, 5.74) is 1.39. The summed E-state index contributed by atoms with van der Waals surface area (Å²) in [6.07, 6.45) is 0. The van der Waals surface area contributed by atoms with Crippen molar-refractivity contribution in [3.8, 4) is 5.75 Å². The number of nitrogens with zero attached hydrogens (tertiary/aromatic N) is 5. The predicted octanol–water partition coefficient (Wildman–Crippen LogP) is 0.795. The fourth-order valence-electron chi connectivity index (χ4n) is 3.60. The van der Waals surface area contributed by atoms with Crippen molar-refractivity contribution in [2.75, 3.05) is 66.5 Å². The highest BCUT2D eigenvalue weighted by Gasteiger charge is 2.23. The molecule has 0 spiro atoms. The average Bonchev–Trinajstić information content (AvgIpc) is 2.61. The van der Waals surface area contributed by atoms with Crippen LogP contribution in [0.15, 0.2) is 12.1 Å². The van der Waals surface area contributed by atoms with E-state index in [4.69, 9.17) is 0 Å². The van der Waals surface area contributed by atoms with Gasteiger partial charge in [0.2, 0.25) is 0 Å². The maximum Gasteiger partial charge on any atom is 0.311 e. The molecule has 2 saturated heterocycles. The molecule has 2 aliphatic rings. The smallest absolute Gasteiger partial charge is 0.311 e. The highest BCUT2D eigenvalue weighted by Crippen LogP contribution is 2.33. The molecule has 1 N–H and O–H groups in total. The minimum Gasteiger partial charge on any atom is -0.502 e. The lowest BCUT2D eigenvalue weighted by atomic mass is 10.1. The minimum atomic E-state index is -0.476. The van der Waals surface area contributed by atoms with Gasteiger partial charge >= 0.3 is 5.69 Å². The van der Waals surface area contributed by atoms with E-state index in [-0.39, 0.29) is 11.4 Å². The van der Waals surface area contributed by atoms with E-state index < -0.39 is 4.92 Å². The normalized spacial score (nSPS) is 21.2.